The largest absolute Gasteiger partial charge is 0.315 e. The molecule has 2 rings (SSSR count). The third kappa shape index (κ3) is 3.79. The highest BCUT2D eigenvalue weighted by molar-refractivity contribution is 6.42. The third-order valence-electron chi connectivity index (χ3n) is 2.64. The average molecular weight is 282 g/mol. The normalized spacial score (nSPS) is 19.5. The lowest BCUT2D eigenvalue weighted by Crippen LogP contribution is -2.30. The van der Waals surface area contributed by atoms with Crippen molar-refractivity contribution in [2.24, 2.45) is 0 Å². The van der Waals surface area contributed by atoms with Gasteiger partial charge in [-0.2, -0.15) is 0 Å². The van der Waals surface area contributed by atoms with Crippen LogP contribution < -0.4 is 10.6 Å². The SMILES string of the molecule is Cl.Clc1ccc(CN[C@H]2CCNC2)cc1Cl. The molecule has 16 heavy (non-hydrogen) atoms. The molecule has 0 unspecified atom stereocenters. The fourth-order valence-electron chi connectivity index (χ4n) is 1.74. The maximum Gasteiger partial charge on any atom is 0.0595 e. The molecule has 5 heteroatoms. The number of halogens is 3. The van der Waals surface area contributed by atoms with E-state index in [9.17, 15) is 0 Å². The van der Waals surface area contributed by atoms with Gasteiger partial charge in [-0.25, -0.2) is 0 Å². The van der Waals surface area contributed by atoms with Crippen LogP contribution >= 0.6 is 35.6 Å². The molecular formula is C11H15Cl3N2. The zero-order chi connectivity index (χ0) is 10.7. The molecule has 0 spiro atoms. The van der Waals surface area contributed by atoms with Crippen LogP contribution in [0.25, 0.3) is 0 Å². The van der Waals surface area contributed by atoms with Crippen LogP contribution in [0.15, 0.2) is 18.2 Å². The van der Waals surface area contributed by atoms with Crippen LogP contribution in [0.5, 0.6) is 0 Å². The first-order valence-electron chi connectivity index (χ1n) is 5.14. The molecule has 1 aromatic carbocycles. The standard InChI is InChI=1S/C11H14Cl2N2.ClH/c12-10-2-1-8(5-11(10)13)6-15-9-3-4-14-7-9;/h1-2,5,9,14-15H,3-4,6-7H2;1H/t9-;/m0./s1. The van der Waals surface area contributed by atoms with Gasteiger partial charge in [0, 0.05) is 19.1 Å². The second-order valence-corrected chi connectivity index (χ2v) is 4.63. The van der Waals surface area contributed by atoms with Crippen LogP contribution in [-0.2, 0) is 6.54 Å². The molecule has 1 aromatic rings. The summed E-state index contributed by atoms with van der Waals surface area (Å²) in [5.41, 5.74) is 1.18. The Balaban J connectivity index is 0.00000128. The first kappa shape index (κ1) is 14.1. The molecule has 0 bridgehead atoms. The van der Waals surface area contributed by atoms with Crippen molar-refractivity contribution < 1.29 is 0 Å². The van der Waals surface area contributed by atoms with E-state index in [1.165, 1.54) is 12.0 Å². The van der Waals surface area contributed by atoms with Gasteiger partial charge in [0.15, 0.2) is 0 Å². The molecular weight excluding hydrogens is 266 g/mol. The topological polar surface area (TPSA) is 24.1 Å². The summed E-state index contributed by atoms with van der Waals surface area (Å²) >= 11 is 11.8. The molecule has 2 nitrogen and oxygen atoms in total. The van der Waals surface area contributed by atoms with Crippen molar-refractivity contribution in [1.29, 1.82) is 0 Å². The summed E-state index contributed by atoms with van der Waals surface area (Å²) in [6, 6.07) is 6.34. The van der Waals surface area contributed by atoms with Crippen LogP contribution in [0, 0.1) is 0 Å². The number of hydrogen-bond acceptors (Lipinski definition) is 2. The molecule has 0 amide bonds. The van der Waals surface area contributed by atoms with Crippen molar-refractivity contribution in [1.82, 2.24) is 10.6 Å². The average Bonchev–Trinajstić information content (AvgIpc) is 2.73. The number of benzene rings is 1. The molecule has 1 aliphatic rings. The predicted octanol–water partition coefficient (Wildman–Crippen LogP) is 2.87. The Bertz CT molecular complexity index is 338. The van der Waals surface area contributed by atoms with Gasteiger partial charge in [-0.1, -0.05) is 29.3 Å². The van der Waals surface area contributed by atoms with Crippen molar-refractivity contribution >= 4 is 35.6 Å². The van der Waals surface area contributed by atoms with E-state index in [4.69, 9.17) is 23.2 Å². The molecule has 0 saturated carbocycles. The van der Waals surface area contributed by atoms with E-state index in [-0.39, 0.29) is 12.4 Å². The summed E-state index contributed by atoms with van der Waals surface area (Å²) in [6.07, 6.45) is 1.20. The van der Waals surface area contributed by atoms with Gasteiger partial charge in [-0.3, -0.25) is 0 Å². The van der Waals surface area contributed by atoms with Crippen LogP contribution in [-0.4, -0.2) is 19.1 Å². The number of nitrogens with one attached hydrogen (secondary N) is 2. The van der Waals surface area contributed by atoms with Gasteiger partial charge in [0.1, 0.15) is 0 Å². The second-order valence-electron chi connectivity index (χ2n) is 3.82. The maximum absolute atomic E-state index is 5.94. The highest BCUT2D eigenvalue weighted by atomic mass is 35.5. The minimum atomic E-state index is 0. The summed E-state index contributed by atoms with van der Waals surface area (Å²) in [4.78, 5) is 0. The lowest BCUT2D eigenvalue weighted by atomic mass is 10.2. The van der Waals surface area contributed by atoms with Gasteiger partial charge in [-0.05, 0) is 30.7 Å². The zero-order valence-corrected chi connectivity index (χ0v) is 11.1. The van der Waals surface area contributed by atoms with Gasteiger partial charge in [0.05, 0.1) is 10.0 Å². The first-order valence-corrected chi connectivity index (χ1v) is 5.89. The van der Waals surface area contributed by atoms with Crippen LogP contribution in [0.4, 0.5) is 0 Å². The number of hydrogen-bond donors (Lipinski definition) is 2. The van der Waals surface area contributed by atoms with E-state index in [2.05, 4.69) is 10.6 Å². The van der Waals surface area contributed by atoms with E-state index in [1.54, 1.807) is 0 Å². The van der Waals surface area contributed by atoms with E-state index >= 15 is 0 Å². The monoisotopic (exact) mass is 280 g/mol. The minimum Gasteiger partial charge on any atom is -0.315 e. The summed E-state index contributed by atoms with van der Waals surface area (Å²) in [7, 11) is 0. The highest BCUT2D eigenvalue weighted by Crippen LogP contribution is 2.22. The Morgan fingerprint density at radius 1 is 1.31 bits per heavy atom. The fraction of sp³-hybridized carbons (Fsp3) is 0.455. The molecule has 0 radical (unpaired) electrons. The highest BCUT2D eigenvalue weighted by Gasteiger charge is 2.13. The zero-order valence-electron chi connectivity index (χ0n) is 8.80. The van der Waals surface area contributed by atoms with Crippen LogP contribution in [0.1, 0.15) is 12.0 Å². The van der Waals surface area contributed by atoms with Gasteiger partial charge in [-0.15, -0.1) is 12.4 Å². The van der Waals surface area contributed by atoms with Crippen molar-refractivity contribution in [3.8, 4) is 0 Å². The Morgan fingerprint density at radius 3 is 2.75 bits per heavy atom. The smallest absolute Gasteiger partial charge is 0.0595 e. The molecule has 1 atom stereocenters. The van der Waals surface area contributed by atoms with Crippen molar-refractivity contribution in [2.75, 3.05) is 13.1 Å². The summed E-state index contributed by atoms with van der Waals surface area (Å²) in [6.45, 7) is 3.02. The molecule has 1 aliphatic heterocycles. The van der Waals surface area contributed by atoms with Crippen molar-refractivity contribution in [2.45, 2.75) is 19.0 Å². The van der Waals surface area contributed by atoms with Gasteiger partial charge in [0.2, 0.25) is 0 Å². The van der Waals surface area contributed by atoms with Crippen LogP contribution in [0.3, 0.4) is 0 Å². The molecule has 0 aromatic heterocycles. The summed E-state index contributed by atoms with van der Waals surface area (Å²) in [5, 5.41) is 8.04. The Kier molecular flexibility index (Phi) is 5.87. The molecule has 1 fully saturated rings. The molecule has 2 N–H and O–H groups in total. The Labute approximate surface area is 112 Å². The fourth-order valence-corrected chi connectivity index (χ4v) is 2.06. The summed E-state index contributed by atoms with van der Waals surface area (Å²) in [5.74, 6) is 0. The Hall–Kier alpha value is 0.01000. The van der Waals surface area contributed by atoms with Crippen molar-refractivity contribution in [3.63, 3.8) is 0 Å². The molecule has 1 heterocycles. The van der Waals surface area contributed by atoms with Gasteiger partial charge >= 0.3 is 0 Å². The molecule has 90 valence electrons. The van der Waals surface area contributed by atoms with E-state index in [1.807, 2.05) is 18.2 Å². The lowest BCUT2D eigenvalue weighted by molar-refractivity contribution is 0.547. The lowest BCUT2D eigenvalue weighted by Gasteiger charge is -2.11. The summed E-state index contributed by atoms with van der Waals surface area (Å²) < 4.78 is 0. The van der Waals surface area contributed by atoms with Crippen molar-refractivity contribution in [3.05, 3.63) is 33.8 Å². The van der Waals surface area contributed by atoms with E-state index in [0.29, 0.717) is 16.1 Å². The molecule has 1 saturated heterocycles. The van der Waals surface area contributed by atoms with Crippen LogP contribution in [0.2, 0.25) is 10.0 Å². The second kappa shape index (κ2) is 6.67. The van der Waals surface area contributed by atoms with Gasteiger partial charge < -0.3 is 10.6 Å². The maximum atomic E-state index is 5.94. The van der Waals surface area contributed by atoms with E-state index < -0.39 is 0 Å². The van der Waals surface area contributed by atoms with Gasteiger partial charge in [0.25, 0.3) is 0 Å². The predicted molar refractivity (Wildman–Crippen MR) is 71.8 cm³/mol. The molecule has 0 aliphatic carbocycles. The number of rotatable bonds is 3. The Morgan fingerprint density at radius 2 is 2.12 bits per heavy atom. The quantitative estimate of drug-likeness (QED) is 0.890. The third-order valence-corrected chi connectivity index (χ3v) is 3.38. The van der Waals surface area contributed by atoms with E-state index in [0.717, 1.165) is 19.6 Å². The minimum absolute atomic E-state index is 0. The first-order chi connectivity index (χ1) is 7.25.